The van der Waals surface area contributed by atoms with Gasteiger partial charge in [0.1, 0.15) is 10.8 Å². The van der Waals surface area contributed by atoms with Gasteiger partial charge in [-0.2, -0.15) is 0 Å². The molecule has 0 unspecified atom stereocenters. The van der Waals surface area contributed by atoms with Crippen LogP contribution in [0.1, 0.15) is 20.7 Å². The van der Waals surface area contributed by atoms with Crippen molar-refractivity contribution in [1.82, 2.24) is 4.98 Å². The minimum absolute atomic E-state index is 0.121. The lowest BCUT2D eigenvalue weighted by Crippen LogP contribution is -2.11. The summed E-state index contributed by atoms with van der Waals surface area (Å²) >= 11 is 9.19. The number of nitrogens with zero attached hydrogens (tertiary/aromatic N) is 1. The number of carbonyl (C=O) groups is 2. The number of rotatable bonds is 4. The van der Waals surface area contributed by atoms with E-state index in [1.807, 2.05) is 0 Å². The maximum absolute atomic E-state index is 11.0. The fraction of sp³-hybridized carbons (Fsp3) is 0. The number of hydrogen-bond acceptors (Lipinski definition) is 4. The Morgan fingerprint density at radius 1 is 1.40 bits per heavy atom. The summed E-state index contributed by atoms with van der Waals surface area (Å²) in [6, 6.07) is 6.23. The van der Waals surface area contributed by atoms with Crippen molar-refractivity contribution in [3.63, 3.8) is 0 Å². The second kappa shape index (κ2) is 6.02. The van der Waals surface area contributed by atoms with Gasteiger partial charge in [0.15, 0.2) is 6.29 Å². The highest BCUT2D eigenvalue weighted by Gasteiger charge is 2.10. The highest BCUT2D eigenvalue weighted by atomic mass is 79.9. The van der Waals surface area contributed by atoms with Crippen LogP contribution in [0.3, 0.4) is 0 Å². The van der Waals surface area contributed by atoms with E-state index in [4.69, 9.17) is 22.1 Å². The molecule has 2 rings (SSSR count). The van der Waals surface area contributed by atoms with Crippen LogP contribution in [0.5, 0.6) is 11.6 Å². The zero-order valence-electron chi connectivity index (χ0n) is 9.97. The molecular weight excluding hydrogens is 348 g/mol. The van der Waals surface area contributed by atoms with Crippen molar-refractivity contribution in [2.45, 2.75) is 0 Å². The summed E-state index contributed by atoms with van der Waals surface area (Å²) in [5.74, 6) is -0.106. The monoisotopic (exact) mass is 354 g/mol. The summed E-state index contributed by atoms with van der Waals surface area (Å²) in [4.78, 5) is 25.7. The highest BCUT2D eigenvalue weighted by molar-refractivity contribution is 9.10. The van der Waals surface area contributed by atoms with Gasteiger partial charge >= 0.3 is 0 Å². The van der Waals surface area contributed by atoms with Gasteiger partial charge in [-0.3, -0.25) is 9.59 Å². The molecule has 0 atom stereocenters. The average Bonchev–Trinajstić information content (AvgIpc) is 2.42. The zero-order chi connectivity index (χ0) is 14.7. The second-order valence-corrected chi connectivity index (χ2v) is 5.04. The van der Waals surface area contributed by atoms with Crippen LogP contribution in [-0.2, 0) is 0 Å². The molecule has 0 radical (unpaired) electrons. The molecule has 0 saturated carbocycles. The van der Waals surface area contributed by atoms with Gasteiger partial charge in [-0.15, -0.1) is 0 Å². The molecule has 5 nitrogen and oxygen atoms in total. The number of primary amides is 1. The number of nitrogens with two attached hydrogens (primary N) is 1. The van der Waals surface area contributed by atoms with Gasteiger partial charge in [0, 0.05) is 16.2 Å². The Labute approximate surface area is 127 Å². The number of pyridine rings is 1. The number of benzene rings is 1. The van der Waals surface area contributed by atoms with Crippen LogP contribution in [0.2, 0.25) is 5.02 Å². The molecule has 0 spiro atoms. The van der Waals surface area contributed by atoms with Gasteiger partial charge in [0.25, 0.3) is 0 Å². The van der Waals surface area contributed by atoms with Crippen molar-refractivity contribution in [3.05, 3.63) is 51.1 Å². The summed E-state index contributed by atoms with van der Waals surface area (Å²) in [7, 11) is 0. The molecule has 0 bridgehead atoms. The molecule has 0 aliphatic heterocycles. The van der Waals surface area contributed by atoms with Gasteiger partial charge in [0.2, 0.25) is 11.8 Å². The molecule has 7 heteroatoms. The lowest BCUT2D eigenvalue weighted by molar-refractivity contribution is 0.0999. The van der Waals surface area contributed by atoms with Gasteiger partial charge in [-0.1, -0.05) is 27.5 Å². The number of halogens is 2. The van der Waals surface area contributed by atoms with Gasteiger partial charge in [0.05, 0.1) is 5.56 Å². The minimum Gasteiger partial charge on any atom is -0.438 e. The van der Waals surface area contributed by atoms with E-state index in [0.29, 0.717) is 22.1 Å². The lowest BCUT2D eigenvalue weighted by atomic mass is 10.2. The third kappa shape index (κ3) is 3.15. The van der Waals surface area contributed by atoms with Gasteiger partial charge < -0.3 is 10.5 Å². The molecule has 1 aromatic heterocycles. The number of amides is 1. The molecular formula is C13H8BrClN2O3. The SMILES string of the molecule is NC(=O)c1cnc(Oc2ccc(Br)c(C=O)c2)c(Cl)c1. The highest BCUT2D eigenvalue weighted by Crippen LogP contribution is 2.29. The first-order valence-corrected chi connectivity index (χ1v) is 6.56. The van der Waals surface area contributed by atoms with Crippen LogP contribution in [0.25, 0.3) is 0 Å². The second-order valence-electron chi connectivity index (χ2n) is 3.78. The molecule has 2 aromatic rings. The first-order valence-electron chi connectivity index (χ1n) is 5.39. The maximum Gasteiger partial charge on any atom is 0.250 e. The maximum atomic E-state index is 11.0. The van der Waals surface area contributed by atoms with Crippen molar-refractivity contribution in [2.24, 2.45) is 5.73 Å². The van der Waals surface area contributed by atoms with Crippen molar-refractivity contribution >= 4 is 39.7 Å². The van der Waals surface area contributed by atoms with Crippen molar-refractivity contribution in [2.75, 3.05) is 0 Å². The number of ether oxygens (including phenoxy) is 1. The van der Waals surface area contributed by atoms with E-state index in [0.717, 1.165) is 0 Å². The van der Waals surface area contributed by atoms with E-state index < -0.39 is 5.91 Å². The standard InChI is InChI=1S/C13H8BrClN2O3/c14-10-2-1-9(3-8(10)6-18)20-13-11(15)4-7(5-17-13)12(16)19/h1-6H,(H2,16,19). The summed E-state index contributed by atoms with van der Waals surface area (Å²) in [5.41, 5.74) is 5.74. The van der Waals surface area contributed by atoms with Crippen LogP contribution in [-0.4, -0.2) is 17.2 Å². The Bertz CT molecular complexity index is 691. The smallest absolute Gasteiger partial charge is 0.250 e. The van der Waals surface area contributed by atoms with E-state index >= 15 is 0 Å². The topological polar surface area (TPSA) is 82.3 Å². The fourth-order valence-corrected chi connectivity index (χ4v) is 1.97. The third-order valence-corrected chi connectivity index (χ3v) is 3.39. The van der Waals surface area contributed by atoms with Crippen LogP contribution in [0, 0.1) is 0 Å². The van der Waals surface area contributed by atoms with Gasteiger partial charge in [-0.05, 0) is 24.3 Å². The van der Waals surface area contributed by atoms with Crippen LogP contribution < -0.4 is 10.5 Å². The molecule has 2 N–H and O–H groups in total. The zero-order valence-corrected chi connectivity index (χ0v) is 12.3. The lowest BCUT2D eigenvalue weighted by Gasteiger charge is -2.08. The van der Waals surface area contributed by atoms with Crippen molar-refractivity contribution < 1.29 is 14.3 Å². The number of aldehydes is 1. The third-order valence-electron chi connectivity index (χ3n) is 2.40. The Kier molecular flexibility index (Phi) is 4.36. The quantitative estimate of drug-likeness (QED) is 0.854. The molecule has 20 heavy (non-hydrogen) atoms. The molecule has 1 amide bonds. The van der Waals surface area contributed by atoms with E-state index in [-0.39, 0.29) is 16.5 Å². The number of carbonyl (C=O) groups excluding carboxylic acids is 2. The average molecular weight is 356 g/mol. The Morgan fingerprint density at radius 3 is 2.75 bits per heavy atom. The summed E-state index contributed by atoms with van der Waals surface area (Å²) in [6.07, 6.45) is 1.96. The minimum atomic E-state index is -0.627. The number of aromatic nitrogens is 1. The van der Waals surface area contributed by atoms with Crippen molar-refractivity contribution in [1.29, 1.82) is 0 Å². The Hall–Kier alpha value is -1.92. The Balaban J connectivity index is 2.30. The largest absolute Gasteiger partial charge is 0.438 e. The summed E-state index contributed by atoms with van der Waals surface area (Å²) < 4.78 is 6.12. The predicted octanol–water partition coefficient (Wildman–Crippen LogP) is 3.20. The van der Waals surface area contributed by atoms with E-state index in [2.05, 4.69) is 20.9 Å². The summed E-state index contributed by atoms with van der Waals surface area (Å²) in [5, 5.41) is 0.150. The van der Waals surface area contributed by atoms with Crippen LogP contribution in [0.15, 0.2) is 34.9 Å². The fourth-order valence-electron chi connectivity index (χ4n) is 1.42. The van der Waals surface area contributed by atoms with Crippen molar-refractivity contribution in [3.8, 4) is 11.6 Å². The van der Waals surface area contributed by atoms with E-state index in [1.165, 1.54) is 18.3 Å². The predicted molar refractivity (Wildman–Crippen MR) is 77.4 cm³/mol. The molecule has 102 valence electrons. The summed E-state index contributed by atoms with van der Waals surface area (Å²) in [6.45, 7) is 0. The van der Waals surface area contributed by atoms with Crippen LogP contribution >= 0.6 is 27.5 Å². The van der Waals surface area contributed by atoms with E-state index in [9.17, 15) is 9.59 Å². The van der Waals surface area contributed by atoms with Crippen LogP contribution in [0.4, 0.5) is 0 Å². The molecule has 0 aliphatic rings. The van der Waals surface area contributed by atoms with Gasteiger partial charge in [-0.25, -0.2) is 4.98 Å². The first-order chi connectivity index (χ1) is 9.51. The molecule has 1 heterocycles. The number of hydrogen-bond donors (Lipinski definition) is 1. The molecule has 0 fully saturated rings. The normalized spacial score (nSPS) is 10.1. The molecule has 1 aromatic carbocycles. The molecule has 0 saturated heterocycles. The first kappa shape index (κ1) is 14.5. The Morgan fingerprint density at radius 2 is 2.15 bits per heavy atom. The van der Waals surface area contributed by atoms with E-state index in [1.54, 1.807) is 12.1 Å². The molecule has 0 aliphatic carbocycles.